The molecule has 2 aromatic carbocycles. The third-order valence-electron chi connectivity index (χ3n) is 6.00. The summed E-state index contributed by atoms with van der Waals surface area (Å²) in [5.41, 5.74) is 3.35. The summed E-state index contributed by atoms with van der Waals surface area (Å²) in [5, 5.41) is 12.2. The fraction of sp³-hybridized carbons (Fsp3) is 0.375. The average Bonchev–Trinajstić information content (AvgIpc) is 3.19. The molecule has 29 heavy (non-hydrogen) atoms. The highest BCUT2D eigenvalue weighted by atomic mass is 16.7. The maximum atomic E-state index is 12.2. The van der Waals surface area contributed by atoms with E-state index in [0.29, 0.717) is 13.2 Å². The monoisotopic (exact) mass is 389 g/mol. The van der Waals surface area contributed by atoms with Crippen molar-refractivity contribution in [1.29, 1.82) is 0 Å². The van der Waals surface area contributed by atoms with Gasteiger partial charge in [-0.25, -0.2) is 0 Å². The number of carbonyl (C=O) groups is 1. The van der Waals surface area contributed by atoms with Gasteiger partial charge in [-0.1, -0.05) is 41.7 Å². The number of hydroxylamine groups is 2. The van der Waals surface area contributed by atoms with Crippen molar-refractivity contribution in [3.8, 4) is 11.8 Å². The molecule has 5 nitrogen and oxygen atoms in total. The molecule has 3 aliphatic rings. The fourth-order valence-electron chi connectivity index (χ4n) is 4.10. The first-order valence-corrected chi connectivity index (χ1v) is 10.0. The topological polar surface area (TPSA) is 59.0 Å². The van der Waals surface area contributed by atoms with E-state index in [1.54, 1.807) is 5.06 Å². The van der Waals surface area contributed by atoms with Crippen LogP contribution in [-0.2, 0) is 20.9 Å². The number of aryl methyl sites for hydroxylation is 1. The lowest BCUT2D eigenvalue weighted by Crippen LogP contribution is -2.36. The number of fused-ring (bicyclic) bond motifs is 1. The van der Waals surface area contributed by atoms with Gasteiger partial charge in [0.25, 0.3) is 0 Å². The molecule has 2 heterocycles. The Hall–Kier alpha value is -2.65. The molecule has 0 aromatic heterocycles. The van der Waals surface area contributed by atoms with Crippen LogP contribution in [0.5, 0.6) is 0 Å². The molecule has 0 amide bonds. The Balaban J connectivity index is 1.28. The molecule has 0 bridgehead atoms. The molecule has 5 heteroatoms. The summed E-state index contributed by atoms with van der Waals surface area (Å²) in [6, 6.07) is 15.6. The van der Waals surface area contributed by atoms with Crippen molar-refractivity contribution in [3.05, 3.63) is 70.8 Å². The largest absolute Gasteiger partial charge is 0.464 e. The van der Waals surface area contributed by atoms with Gasteiger partial charge in [-0.15, -0.1) is 0 Å². The first kappa shape index (κ1) is 18.4. The molecule has 1 saturated carbocycles. The molecule has 2 saturated heterocycles. The Labute approximate surface area is 170 Å². The summed E-state index contributed by atoms with van der Waals surface area (Å²) in [6.07, 6.45) is 1.08. The zero-order valence-corrected chi connectivity index (χ0v) is 16.3. The highest BCUT2D eigenvalue weighted by Gasteiger charge is 2.62. The summed E-state index contributed by atoms with van der Waals surface area (Å²) >= 11 is 0. The van der Waals surface area contributed by atoms with Gasteiger partial charge in [-0.3, -0.25) is 9.63 Å². The van der Waals surface area contributed by atoms with Gasteiger partial charge < -0.3 is 9.84 Å². The number of cyclic esters (lactones) is 1. The molecule has 148 valence electrons. The van der Waals surface area contributed by atoms with Crippen molar-refractivity contribution in [2.75, 3.05) is 6.61 Å². The molecule has 2 aliphatic heterocycles. The van der Waals surface area contributed by atoms with E-state index < -0.39 is 11.6 Å². The van der Waals surface area contributed by atoms with E-state index in [1.807, 2.05) is 36.4 Å². The molecular formula is C24H23NO4. The van der Waals surface area contributed by atoms with E-state index in [1.165, 1.54) is 5.56 Å². The van der Waals surface area contributed by atoms with Gasteiger partial charge in [0.05, 0.1) is 24.7 Å². The van der Waals surface area contributed by atoms with E-state index in [-0.39, 0.29) is 18.0 Å². The van der Waals surface area contributed by atoms with E-state index in [0.717, 1.165) is 29.5 Å². The Morgan fingerprint density at radius 1 is 1.07 bits per heavy atom. The molecule has 1 N–H and O–H groups in total. The first-order valence-electron chi connectivity index (χ1n) is 10.0. The minimum atomic E-state index is -0.804. The second kappa shape index (κ2) is 7.00. The Kier molecular flexibility index (Phi) is 4.44. The fourth-order valence-corrected chi connectivity index (χ4v) is 4.10. The second-order valence-corrected chi connectivity index (χ2v) is 8.26. The second-order valence-electron chi connectivity index (χ2n) is 8.26. The van der Waals surface area contributed by atoms with Crippen LogP contribution in [0.4, 0.5) is 0 Å². The molecular weight excluding hydrogens is 366 g/mol. The summed E-state index contributed by atoms with van der Waals surface area (Å²) < 4.78 is 5.25. The maximum absolute atomic E-state index is 12.2. The van der Waals surface area contributed by atoms with Crippen LogP contribution in [0.25, 0.3) is 0 Å². The van der Waals surface area contributed by atoms with Gasteiger partial charge >= 0.3 is 5.97 Å². The summed E-state index contributed by atoms with van der Waals surface area (Å²) in [7, 11) is 0. The lowest BCUT2D eigenvalue weighted by atomic mass is 9.93. The van der Waals surface area contributed by atoms with Crippen LogP contribution in [0.1, 0.15) is 35.1 Å². The van der Waals surface area contributed by atoms with Gasteiger partial charge in [0.1, 0.15) is 12.1 Å². The van der Waals surface area contributed by atoms with Crippen LogP contribution in [-0.4, -0.2) is 40.5 Å². The molecule has 3 unspecified atom stereocenters. The predicted molar refractivity (Wildman–Crippen MR) is 106 cm³/mol. The van der Waals surface area contributed by atoms with Gasteiger partial charge in [0, 0.05) is 11.1 Å². The van der Waals surface area contributed by atoms with Crippen molar-refractivity contribution in [1.82, 2.24) is 5.06 Å². The molecule has 5 rings (SSSR count). The lowest BCUT2D eigenvalue weighted by Gasteiger charge is -2.22. The van der Waals surface area contributed by atoms with Crippen LogP contribution < -0.4 is 0 Å². The van der Waals surface area contributed by atoms with Crippen LogP contribution in [0.3, 0.4) is 0 Å². The van der Waals surface area contributed by atoms with Crippen LogP contribution in [0, 0.1) is 24.7 Å². The number of rotatable bonds is 3. The number of benzene rings is 2. The average molecular weight is 389 g/mol. The Morgan fingerprint density at radius 3 is 2.31 bits per heavy atom. The zero-order chi connectivity index (χ0) is 20.0. The van der Waals surface area contributed by atoms with Gasteiger partial charge in [-0.2, -0.15) is 5.06 Å². The third-order valence-corrected chi connectivity index (χ3v) is 6.00. The van der Waals surface area contributed by atoms with Crippen molar-refractivity contribution < 1.29 is 19.5 Å². The van der Waals surface area contributed by atoms with Gasteiger partial charge in [0.15, 0.2) is 0 Å². The smallest absolute Gasteiger partial charge is 0.326 e. The summed E-state index contributed by atoms with van der Waals surface area (Å²) in [6.45, 7) is 2.84. The highest BCUT2D eigenvalue weighted by Crippen LogP contribution is 2.49. The SMILES string of the molecule is Cc1ccc(C#Cc2ccc(CN3OC(C4(O)CC4)C4COC(=O)C43)cc2)cc1. The third kappa shape index (κ3) is 3.56. The Bertz CT molecular complexity index is 982. The van der Waals surface area contributed by atoms with Crippen molar-refractivity contribution >= 4 is 5.97 Å². The normalized spacial score (nSPS) is 27.1. The van der Waals surface area contributed by atoms with Crippen LogP contribution >= 0.6 is 0 Å². The maximum Gasteiger partial charge on any atom is 0.326 e. The quantitative estimate of drug-likeness (QED) is 0.646. The number of carbonyl (C=O) groups excluding carboxylic acids is 1. The minimum Gasteiger partial charge on any atom is -0.464 e. The molecule has 3 atom stereocenters. The van der Waals surface area contributed by atoms with Gasteiger partial charge in [-0.05, 0) is 49.6 Å². The molecule has 2 aromatic rings. The molecule has 0 spiro atoms. The standard InChI is InChI=1S/C24H23NO4/c1-16-2-4-17(5-3-16)6-7-18-8-10-19(11-9-18)14-25-21-20(15-28-23(21)26)22(29-25)24(27)12-13-24/h2-5,8-11,20-22,27H,12-15H2,1H3. The van der Waals surface area contributed by atoms with Crippen LogP contribution in [0.15, 0.2) is 48.5 Å². The zero-order valence-electron chi connectivity index (χ0n) is 16.3. The number of esters is 1. The van der Waals surface area contributed by atoms with Crippen molar-refractivity contribution in [2.45, 2.75) is 44.1 Å². The number of nitrogens with zero attached hydrogens (tertiary/aromatic N) is 1. The lowest BCUT2D eigenvalue weighted by molar-refractivity contribution is -0.208. The number of hydrogen-bond donors (Lipinski definition) is 1. The number of aliphatic hydroxyl groups is 1. The predicted octanol–water partition coefficient (Wildman–Crippen LogP) is 2.58. The highest BCUT2D eigenvalue weighted by molar-refractivity contribution is 5.78. The van der Waals surface area contributed by atoms with Crippen molar-refractivity contribution in [3.63, 3.8) is 0 Å². The van der Waals surface area contributed by atoms with Crippen LogP contribution in [0.2, 0.25) is 0 Å². The Morgan fingerprint density at radius 2 is 1.69 bits per heavy atom. The molecule has 0 radical (unpaired) electrons. The summed E-state index contributed by atoms with van der Waals surface area (Å²) in [4.78, 5) is 18.2. The molecule has 3 fully saturated rings. The van der Waals surface area contributed by atoms with E-state index >= 15 is 0 Å². The van der Waals surface area contributed by atoms with Crippen molar-refractivity contribution in [2.24, 2.45) is 5.92 Å². The first-order chi connectivity index (χ1) is 14.0. The van der Waals surface area contributed by atoms with E-state index in [2.05, 4.69) is 30.9 Å². The van der Waals surface area contributed by atoms with Gasteiger partial charge in [0.2, 0.25) is 0 Å². The minimum absolute atomic E-state index is 0.102. The number of ether oxygens (including phenoxy) is 1. The summed E-state index contributed by atoms with van der Waals surface area (Å²) in [5.74, 6) is 5.99. The van der Waals surface area contributed by atoms with E-state index in [9.17, 15) is 9.90 Å². The number of hydrogen-bond acceptors (Lipinski definition) is 5. The van der Waals surface area contributed by atoms with E-state index in [4.69, 9.17) is 9.57 Å². The molecule has 1 aliphatic carbocycles.